The van der Waals surface area contributed by atoms with E-state index in [9.17, 15) is 0 Å². The molecule has 3 rings (SSSR count). The van der Waals surface area contributed by atoms with Gasteiger partial charge in [-0.1, -0.05) is 13.8 Å². The number of pyridine rings is 1. The monoisotopic (exact) mass is 326 g/mol. The summed E-state index contributed by atoms with van der Waals surface area (Å²) < 4.78 is 0. The van der Waals surface area contributed by atoms with Crippen LogP contribution in [0.5, 0.6) is 0 Å². The zero-order valence-corrected chi connectivity index (χ0v) is 15.0. The number of nitrogens with one attached hydrogen (secondary N) is 1. The summed E-state index contributed by atoms with van der Waals surface area (Å²) >= 11 is 1.77. The lowest BCUT2D eigenvalue weighted by Gasteiger charge is -2.13. The van der Waals surface area contributed by atoms with Crippen molar-refractivity contribution in [3.8, 4) is 11.3 Å². The molecule has 0 spiro atoms. The van der Waals surface area contributed by atoms with Crippen molar-refractivity contribution in [2.75, 3.05) is 0 Å². The van der Waals surface area contributed by atoms with Gasteiger partial charge in [-0.2, -0.15) is 0 Å². The Labute approximate surface area is 140 Å². The SMILES string of the molecule is Cc1c(-c2[nH]c3scc(C)c3c2C(C)C)cnc(N=CN)c1C. The van der Waals surface area contributed by atoms with Crippen LogP contribution in [-0.4, -0.2) is 16.3 Å². The Balaban J connectivity index is 2.29. The van der Waals surface area contributed by atoms with Gasteiger partial charge in [0.1, 0.15) is 4.83 Å². The number of nitrogens with two attached hydrogens (primary N) is 1. The van der Waals surface area contributed by atoms with E-state index in [1.807, 2.05) is 13.1 Å². The quantitative estimate of drug-likeness (QED) is 0.528. The topological polar surface area (TPSA) is 67.1 Å². The van der Waals surface area contributed by atoms with Gasteiger partial charge in [0.2, 0.25) is 0 Å². The van der Waals surface area contributed by atoms with E-state index in [2.05, 4.69) is 48.0 Å². The molecule has 0 saturated heterocycles. The number of hydrogen-bond donors (Lipinski definition) is 2. The molecule has 0 radical (unpaired) electrons. The third kappa shape index (κ3) is 2.45. The fourth-order valence-corrected chi connectivity index (χ4v) is 4.07. The maximum absolute atomic E-state index is 5.41. The first-order valence-corrected chi connectivity index (χ1v) is 8.64. The van der Waals surface area contributed by atoms with Gasteiger partial charge in [-0.25, -0.2) is 9.98 Å². The number of aryl methyl sites for hydroxylation is 1. The Bertz CT molecular complexity index is 900. The van der Waals surface area contributed by atoms with Gasteiger partial charge in [0.05, 0.1) is 12.0 Å². The number of fused-ring (bicyclic) bond motifs is 1. The number of H-pyrrole nitrogens is 1. The Morgan fingerprint density at radius 2 is 2.00 bits per heavy atom. The zero-order chi connectivity index (χ0) is 16.7. The van der Waals surface area contributed by atoms with Crippen molar-refractivity contribution in [1.82, 2.24) is 9.97 Å². The number of aliphatic imine (C=N–C) groups is 1. The molecule has 0 amide bonds. The van der Waals surface area contributed by atoms with Gasteiger partial charge in [0.25, 0.3) is 0 Å². The Kier molecular flexibility index (Phi) is 3.98. The van der Waals surface area contributed by atoms with Crippen LogP contribution >= 0.6 is 11.3 Å². The van der Waals surface area contributed by atoms with Crippen LogP contribution in [0.15, 0.2) is 16.6 Å². The molecule has 3 N–H and O–H groups in total. The van der Waals surface area contributed by atoms with Crippen molar-refractivity contribution in [1.29, 1.82) is 0 Å². The predicted octanol–water partition coefficient (Wildman–Crippen LogP) is 4.96. The molecule has 0 unspecified atom stereocenters. The number of thiophene rings is 1. The van der Waals surface area contributed by atoms with E-state index >= 15 is 0 Å². The molecule has 0 aliphatic rings. The molecule has 23 heavy (non-hydrogen) atoms. The molecule has 0 aliphatic carbocycles. The molecule has 0 saturated carbocycles. The van der Waals surface area contributed by atoms with Crippen LogP contribution in [0.3, 0.4) is 0 Å². The molecule has 3 aromatic heterocycles. The summed E-state index contributed by atoms with van der Waals surface area (Å²) in [6, 6.07) is 0. The van der Waals surface area contributed by atoms with Gasteiger partial charge < -0.3 is 10.7 Å². The van der Waals surface area contributed by atoms with Gasteiger partial charge in [-0.05, 0) is 54.3 Å². The van der Waals surface area contributed by atoms with Crippen molar-refractivity contribution in [3.05, 3.63) is 33.8 Å². The fraction of sp³-hybridized carbons (Fsp3) is 0.333. The highest BCUT2D eigenvalue weighted by atomic mass is 32.1. The highest BCUT2D eigenvalue weighted by Crippen LogP contribution is 2.41. The molecular weight excluding hydrogens is 304 g/mol. The van der Waals surface area contributed by atoms with Crippen LogP contribution in [0.25, 0.3) is 21.5 Å². The summed E-state index contributed by atoms with van der Waals surface area (Å²) in [5.41, 5.74) is 12.7. The zero-order valence-electron chi connectivity index (χ0n) is 14.2. The third-order valence-electron chi connectivity index (χ3n) is 4.41. The first kappa shape index (κ1) is 15.7. The van der Waals surface area contributed by atoms with Crippen LogP contribution in [-0.2, 0) is 0 Å². The number of aromatic amines is 1. The van der Waals surface area contributed by atoms with Crippen molar-refractivity contribution in [3.63, 3.8) is 0 Å². The van der Waals surface area contributed by atoms with Crippen LogP contribution in [0.2, 0.25) is 0 Å². The van der Waals surface area contributed by atoms with Crippen LogP contribution in [0.4, 0.5) is 5.82 Å². The molecule has 5 heteroatoms. The predicted molar refractivity (Wildman–Crippen MR) is 100 cm³/mol. The Morgan fingerprint density at radius 3 is 2.65 bits per heavy atom. The highest BCUT2D eigenvalue weighted by Gasteiger charge is 2.21. The molecule has 0 atom stereocenters. The minimum absolute atomic E-state index is 0.438. The van der Waals surface area contributed by atoms with E-state index in [1.54, 1.807) is 11.3 Å². The van der Waals surface area contributed by atoms with E-state index < -0.39 is 0 Å². The third-order valence-corrected chi connectivity index (χ3v) is 5.43. The van der Waals surface area contributed by atoms with Gasteiger partial charge in [0, 0.05) is 17.1 Å². The average Bonchev–Trinajstić information content (AvgIpc) is 3.04. The van der Waals surface area contributed by atoms with E-state index in [-0.39, 0.29) is 0 Å². The number of hydrogen-bond acceptors (Lipinski definition) is 3. The van der Waals surface area contributed by atoms with Gasteiger partial charge in [-0.3, -0.25) is 0 Å². The summed E-state index contributed by atoms with van der Waals surface area (Å²) in [6.07, 6.45) is 3.20. The normalized spacial score (nSPS) is 12.1. The van der Waals surface area contributed by atoms with Crippen LogP contribution < -0.4 is 5.73 Å². The lowest BCUT2D eigenvalue weighted by molar-refractivity contribution is 0.877. The van der Waals surface area contributed by atoms with Crippen molar-refractivity contribution in [2.24, 2.45) is 10.7 Å². The fourth-order valence-electron chi connectivity index (χ4n) is 3.11. The number of aromatic nitrogens is 2. The first-order valence-electron chi connectivity index (χ1n) is 7.76. The number of rotatable bonds is 3. The minimum Gasteiger partial charge on any atom is -0.390 e. The molecule has 0 fully saturated rings. The average molecular weight is 326 g/mol. The first-order chi connectivity index (χ1) is 11.0. The maximum atomic E-state index is 5.41. The second-order valence-corrected chi connectivity index (χ2v) is 7.09. The highest BCUT2D eigenvalue weighted by molar-refractivity contribution is 7.17. The molecule has 4 nitrogen and oxygen atoms in total. The lowest BCUT2D eigenvalue weighted by atomic mass is 9.93. The molecule has 3 heterocycles. The van der Waals surface area contributed by atoms with Gasteiger partial charge in [-0.15, -0.1) is 11.3 Å². The smallest absolute Gasteiger partial charge is 0.156 e. The summed E-state index contributed by atoms with van der Waals surface area (Å²) in [6.45, 7) is 10.8. The maximum Gasteiger partial charge on any atom is 0.156 e. The molecule has 0 bridgehead atoms. The second kappa shape index (κ2) is 5.81. The lowest BCUT2D eigenvalue weighted by Crippen LogP contribution is -1.97. The summed E-state index contributed by atoms with van der Waals surface area (Å²) in [7, 11) is 0. The molecular formula is C18H22N4S. The molecule has 120 valence electrons. The van der Waals surface area contributed by atoms with Crippen molar-refractivity contribution in [2.45, 2.75) is 40.5 Å². The second-order valence-electron chi connectivity index (χ2n) is 6.21. The van der Waals surface area contributed by atoms with E-state index in [4.69, 9.17) is 5.73 Å². The molecule has 0 aliphatic heterocycles. The van der Waals surface area contributed by atoms with E-state index in [1.165, 1.54) is 38.9 Å². The van der Waals surface area contributed by atoms with E-state index in [0.717, 1.165) is 11.1 Å². The summed E-state index contributed by atoms with van der Waals surface area (Å²) in [5, 5.41) is 3.58. The number of nitrogens with zero attached hydrogens (tertiary/aromatic N) is 2. The minimum atomic E-state index is 0.438. The standard InChI is InChI=1S/C18H22N4S/c1-9(2)14-15-10(3)7-23-18(15)22-16(14)13-6-20-17(21-8-19)12(5)11(13)4/h6-9,22H,1-5H3,(H2,19,20,21). The van der Waals surface area contributed by atoms with E-state index in [0.29, 0.717) is 11.7 Å². The molecule has 3 aromatic rings. The summed E-state index contributed by atoms with van der Waals surface area (Å²) in [4.78, 5) is 13.5. The summed E-state index contributed by atoms with van der Waals surface area (Å²) in [5.74, 6) is 1.12. The van der Waals surface area contributed by atoms with Gasteiger partial charge in [0.15, 0.2) is 5.82 Å². The van der Waals surface area contributed by atoms with Crippen LogP contribution in [0.1, 0.15) is 42.0 Å². The van der Waals surface area contributed by atoms with Gasteiger partial charge >= 0.3 is 0 Å². The largest absolute Gasteiger partial charge is 0.390 e. The van der Waals surface area contributed by atoms with Crippen LogP contribution in [0, 0.1) is 20.8 Å². The van der Waals surface area contributed by atoms with Crippen molar-refractivity contribution < 1.29 is 0 Å². The Morgan fingerprint density at radius 1 is 1.26 bits per heavy atom. The van der Waals surface area contributed by atoms with Crippen molar-refractivity contribution >= 4 is 33.7 Å². The molecule has 0 aromatic carbocycles. The Hall–Kier alpha value is -2.14.